The van der Waals surface area contributed by atoms with Gasteiger partial charge in [0, 0.05) is 17.6 Å². The normalized spacial score (nSPS) is 14.5. The van der Waals surface area contributed by atoms with Crippen molar-refractivity contribution in [2.75, 3.05) is 24.5 Å². The van der Waals surface area contributed by atoms with Crippen molar-refractivity contribution in [3.63, 3.8) is 0 Å². The SMILES string of the molecule is COc1ccc(S(=O)(=O)N(CC(=O)N(CCc2ccccc2)C(C)C(=O)NC2CCCCC2)c2cccc(Cl)c2)cc1. The highest BCUT2D eigenvalue weighted by molar-refractivity contribution is 7.92. The molecule has 1 fully saturated rings. The van der Waals surface area contributed by atoms with Gasteiger partial charge in [0.2, 0.25) is 11.8 Å². The highest BCUT2D eigenvalue weighted by Gasteiger charge is 2.33. The van der Waals surface area contributed by atoms with Crippen LogP contribution in [-0.4, -0.2) is 57.4 Å². The molecule has 0 spiro atoms. The first-order valence-corrected chi connectivity index (χ1v) is 16.1. The summed E-state index contributed by atoms with van der Waals surface area (Å²) in [6.45, 7) is 1.43. The summed E-state index contributed by atoms with van der Waals surface area (Å²) in [4.78, 5) is 28.9. The van der Waals surface area contributed by atoms with Gasteiger partial charge in [0.05, 0.1) is 17.7 Å². The van der Waals surface area contributed by atoms with Gasteiger partial charge in [0.15, 0.2) is 0 Å². The van der Waals surface area contributed by atoms with Crippen LogP contribution in [0.15, 0.2) is 83.8 Å². The summed E-state index contributed by atoms with van der Waals surface area (Å²) in [6, 6.07) is 21.3. The number of ether oxygens (including phenoxy) is 1. The highest BCUT2D eigenvalue weighted by Crippen LogP contribution is 2.28. The first-order valence-electron chi connectivity index (χ1n) is 14.2. The van der Waals surface area contributed by atoms with Gasteiger partial charge in [0.25, 0.3) is 10.0 Å². The Morgan fingerprint density at radius 3 is 2.31 bits per heavy atom. The van der Waals surface area contributed by atoms with Crippen LogP contribution in [-0.2, 0) is 26.0 Å². The fourth-order valence-electron chi connectivity index (χ4n) is 5.17. The smallest absolute Gasteiger partial charge is 0.264 e. The van der Waals surface area contributed by atoms with E-state index in [2.05, 4.69) is 5.32 Å². The third-order valence-electron chi connectivity index (χ3n) is 7.63. The van der Waals surface area contributed by atoms with Crippen LogP contribution in [0, 0.1) is 0 Å². The molecule has 10 heteroatoms. The number of halogens is 1. The van der Waals surface area contributed by atoms with Crippen LogP contribution in [0.1, 0.15) is 44.6 Å². The molecule has 0 saturated heterocycles. The number of hydrogen-bond acceptors (Lipinski definition) is 5. The zero-order valence-electron chi connectivity index (χ0n) is 24.0. The van der Waals surface area contributed by atoms with Gasteiger partial charge in [-0.25, -0.2) is 8.42 Å². The van der Waals surface area contributed by atoms with E-state index >= 15 is 0 Å². The van der Waals surface area contributed by atoms with Crippen LogP contribution in [0.25, 0.3) is 0 Å². The fraction of sp³-hybridized carbons (Fsp3) is 0.375. The predicted molar refractivity (Wildman–Crippen MR) is 165 cm³/mol. The van der Waals surface area contributed by atoms with Crippen LogP contribution >= 0.6 is 11.6 Å². The number of hydrogen-bond donors (Lipinski definition) is 1. The molecule has 1 N–H and O–H groups in total. The topological polar surface area (TPSA) is 96.0 Å². The number of nitrogens with zero attached hydrogens (tertiary/aromatic N) is 2. The quantitative estimate of drug-likeness (QED) is 0.294. The van der Waals surface area contributed by atoms with Gasteiger partial charge in [0.1, 0.15) is 18.3 Å². The van der Waals surface area contributed by atoms with E-state index in [0.717, 1.165) is 42.0 Å². The number of rotatable bonds is 12. The zero-order chi connectivity index (χ0) is 30.1. The van der Waals surface area contributed by atoms with E-state index in [9.17, 15) is 18.0 Å². The first kappa shape index (κ1) is 31.4. The Kier molecular flexibility index (Phi) is 10.9. The lowest BCUT2D eigenvalue weighted by molar-refractivity contribution is -0.139. The summed E-state index contributed by atoms with van der Waals surface area (Å²) < 4.78 is 34.1. The lowest BCUT2D eigenvalue weighted by Crippen LogP contribution is -2.53. The van der Waals surface area contributed by atoms with Gasteiger partial charge in [-0.1, -0.05) is 67.3 Å². The summed E-state index contributed by atoms with van der Waals surface area (Å²) in [7, 11) is -2.69. The van der Waals surface area contributed by atoms with Crippen molar-refractivity contribution in [2.24, 2.45) is 0 Å². The van der Waals surface area contributed by atoms with Gasteiger partial charge in [-0.15, -0.1) is 0 Å². The van der Waals surface area contributed by atoms with Crippen LogP contribution in [0.2, 0.25) is 5.02 Å². The maximum Gasteiger partial charge on any atom is 0.264 e. The van der Waals surface area contributed by atoms with Gasteiger partial charge in [-0.2, -0.15) is 0 Å². The van der Waals surface area contributed by atoms with Crippen molar-refractivity contribution in [3.05, 3.63) is 89.4 Å². The number of carbonyl (C=O) groups excluding carboxylic acids is 2. The Bertz CT molecular complexity index is 1440. The molecule has 0 bridgehead atoms. The second-order valence-corrected chi connectivity index (χ2v) is 12.8. The Labute approximate surface area is 253 Å². The van der Waals surface area contributed by atoms with Crippen molar-refractivity contribution < 1.29 is 22.7 Å². The summed E-state index contributed by atoms with van der Waals surface area (Å²) >= 11 is 6.24. The number of methoxy groups -OCH3 is 1. The molecule has 0 heterocycles. The van der Waals surface area contributed by atoms with E-state index in [1.54, 1.807) is 37.3 Å². The molecule has 3 aromatic carbocycles. The molecule has 4 rings (SSSR count). The van der Waals surface area contributed by atoms with E-state index in [0.29, 0.717) is 17.2 Å². The highest BCUT2D eigenvalue weighted by atomic mass is 35.5. The lowest BCUT2D eigenvalue weighted by Gasteiger charge is -2.33. The fourth-order valence-corrected chi connectivity index (χ4v) is 6.76. The maximum absolute atomic E-state index is 14.0. The van der Waals surface area contributed by atoms with E-state index in [1.165, 1.54) is 30.2 Å². The summed E-state index contributed by atoms with van der Waals surface area (Å²) in [5, 5.41) is 3.45. The second kappa shape index (κ2) is 14.6. The summed E-state index contributed by atoms with van der Waals surface area (Å²) in [6.07, 6.45) is 5.63. The molecule has 1 aliphatic rings. The molecule has 0 aliphatic heterocycles. The van der Waals surface area contributed by atoms with Crippen molar-refractivity contribution in [1.82, 2.24) is 10.2 Å². The average molecular weight is 612 g/mol. The Morgan fingerprint density at radius 1 is 0.976 bits per heavy atom. The van der Waals surface area contributed by atoms with E-state index in [-0.39, 0.29) is 29.1 Å². The Morgan fingerprint density at radius 2 is 1.67 bits per heavy atom. The third kappa shape index (κ3) is 8.04. The zero-order valence-corrected chi connectivity index (χ0v) is 25.6. The van der Waals surface area contributed by atoms with Crippen molar-refractivity contribution in [2.45, 2.75) is 62.4 Å². The molecule has 224 valence electrons. The van der Waals surface area contributed by atoms with Gasteiger partial charge in [-0.3, -0.25) is 13.9 Å². The van der Waals surface area contributed by atoms with Crippen LogP contribution in [0.4, 0.5) is 5.69 Å². The summed E-state index contributed by atoms with van der Waals surface area (Å²) in [5.74, 6) is -0.228. The largest absolute Gasteiger partial charge is 0.497 e. The number of nitrogens with one attached hydrogen (secondary N) is 1. The maximum atomic E-state index is 14.0. The minimum Gasteiger partial charge on any atom is -0.497 e. The Balaban J connectivity index is 1.64. The number of benzene rings is 3. The second-order valence-electron chi connectivity index (χ2n) is 10.5. The molecular formula is C32H38ClN3O5S. The molecule has 42 heavy (non-hydrogen) atoms. The van der Waals surface area contributed by atoms with Crippen LogP contribution in [0.3, 0.4) is 0 Å². The molecule has 1 unspecified atom stereocenters. The van der Waals surface area contributed by atoms with Crippen LogP contribution < -0.4 is 14.4 Å². The number of anilines is 1. The van der Waals surface area contributed by atoms with Gasteiger partial charge in [-0.05, 0) is 74.2 Å². The number of amides is 2. The molecule has 1 atom stereocenters. The monoisotopic (exact) mass is 611 g/mol. The van der Waals surface area contributed by atoms with E-state index < -0.39 is 28.5 Å². The van der Waals surface area contributed by atoms with Crippen molar-refractivity contribution in [3.8, 4) is 5.75 Å². The number of sulfonamides is 1. The number of carbonyl (C=O) groups is 2. The van der Waals surface area contributed by atoms with E-state index in [1.807, 2.05) is 30.3 Å². The third-order valence-corrected chi connectivity index (χ3v) is 9.65. The molecule has 0 aromatic heterocycles. The lowest BCUT2D eigenvalue weighted by atomic mass is 9.95. The van der Waals surface area contributed by atoms with Gasteiger partial charge >= 0.3 is 0 Å². The van der Waals surface area contributed by atoms with E-state index in [4.69, 9.17) is 16.3 Å². The molecule has 3 aromatic rings. The standard InChI is InChI=1S/C32H38ClN3O5S/c1-24(32(38)34-27-13-7-4-8-14-27)35(21-20-25-10-5-3-6-11-25)31(37)23-36(28-15-9-12-26(33)22-28)42(39,40)30-18-16-29(41-2)17-19-30/h3,5-6,9-12,15-19,22,24,27H,4,7-8,13-14,20-21,23H2,1-2H3,(H,34,38). The molecule has 2 amide bonds. The molecular weight excluding hydrogens is 574 g/mol. The minimum atomic E-state index is -4.19. The predicted octanol–water partition coefficient (Wildman–Crippen LogP) is 5.45. The molecule has 1 saturated carbocycles. The minimum absolute atomic E-state index is 0.00463. The van der Waals surface area contributed by atoms with Gasteiger partial charge < -0.3 is 15.0 Å². The van der Waals surface area contributed by atoms with Crippen molar-refractivity contribution >= 4 is 39.1 Å². The Hall–Kier alpha value is -3.56. The molecule has 1 aliphatic carbocycles. The average Bonchev–Trinajstić information content (AvgIpc) is 3.00. The molecule has 0 radical (unpaired) electrons. The van der Waals surface area contributed by atoms with Crippen molar-refractivity contribution in [1.29, 1.82) is 0 Å². The van der Waals surface area contributed by atoms with Crippen LogP contribution in [0.5, 0.6) is 5.75 Å². The molecule has 8 nitrogen and oxygen atoms in total. The first-order chi connectivity index (χ1) is 20.2. The summed E-state index contributed by atoms with van der Waals surface area (Å²) in [5.41, 5.74) is 1.25.